The number of nitro groups is 1. The van der Waals surface area contributed by atoms with Gasteiger partial charge in [0.1, 0.15) is 11.4 Å². The molecule has 0 radical (unpaired) electrons. The molecular formula is C38H38N2O13S. The lowest BCUT2D eigenvalue weighted by Crippen LogP contribution is -2.67. The van der Waals surface area contributed by atoms with Crippen LogP contribution in [0.25, 0.3) is 0 Å². The van der Waals surface area contributed by atoms with E-state index in [2.05, 4.69) is 0 Å². The molecule has 0 unspecified atom stereocenters. The molecule has 54 heavy (non-hydrogen) atoms. The molecule has 2 heterocycles. The van der Waals surface area contributed by atoms with Gasteiger partial charge in [0.2, 0.25) is 5.91 Å². The summed E-state index contributed by atoms with van der Waals surface area (Å²) in [5.41, 5.74) is 1.01. The zero-order chi connectivity index (χ0) is 39.4. The minimum atomic E-state index is -1.98. The molecule has 8 atom stereocenters. The zero-order valence-corrected chi connectivity index (χ0v) is 30.8. The molecule has 0 saturated carbocycles. The highest BCUT2D eigenvalue weighted by Gasteiger charge is 2.83. The van der Waals surface area contributed by atoms with Gasteiger partial charge in [-0.2, -0.15) is 0 Å². The predicted octanol–water partition coefficient (Wildman–Crippen LogP) is 4.08. The molecule has 2 aliphatic heterocycles. The molecule has 2 aliphatic rings. The second kappa shape index (κ2) is 16.1. The van der Waals surface area contributed by atoms with Gasteiger partial charge in [0.15, 0.2) is 29.3 Å². The van der Waals surface area contributed by atoms with Crippen molar-refractivity contribution >= 4 is 53.2 Å². The average Bonchev–Trinajstić information content (AvgIpc) is 3.59. The van der Waals surface area contributed by atoms with Crippen LogP contribution in [0.3, 0.4) is 0 Å². The SMILES string of the molecule is CC(=O)OC[C@@H](OC(C)=O)[C@H](OC(C)=O)[C@H](OC(C)=O)[C@@H](OC(C)=O)[C@@H]1[C@@H]([N+](=O)[O-])[C@@]2(c3ccccc3)S[C@]1(c1ccccc1)C(=O)N2c1ccccc1. The van der Waals surface area contributed by atoms with E-state index in [0.29, 0.717) is 16.8 Å². The first-order valence-electron chi connectivity index (χ1n) is 16.8. The Labute approximate surface area is 314 Å². The number of benzene rings is 3. The molecule has 0 N–H and O–H groups in total. The van der Waals surface area contributed by atoms with Gasteiger partial charge in [0, 0.05) is 45.2 Å². The quantitative estimate of drug-likeness (QED) is 0.0986. The van der Waals surface area contributed by atoms with E-state index >= 15 is 4.79 Å². The highest BCUT2D eigenvalue weighted by molar-refractivity contribution is 8.03. The van der Waals surface area contributed by atoms with Crippen molar-refractivity contribution in [1.29, 1.82) is 0 Å². The molecule has 2 bridgehead atoms. The van der Waals surface area contributed by atoms with E-state index in [1.165, 1.54) is 4.90 Å². The number of fused-ring (bicyclic) bond motifs is 2. The van der Waals surface area contributed by atoms with Crippen LogP contribution in [-0.2, 0) is 62.1 Å². The first kappa shape index (κ1) is 39.4. The van der Waals surface area contributed by atoms with Gasteiger partial charge in [-0.25, -0.2) is 0 Å². The number of hydrogen-bond acceptors (Lipinski definition) is 14. The van der Waals surface area contributed by atoms with Gasteiger partial charge in [-0.1, -0.05) is 90.6 Å². The number of carbonyl (C=O) groups is 6. The van der Waals surface area contributed by atoms with Crippen LogP contribution >= 0.6 is 11.8 Å². The molecule has 1 amide bonds. The maximum Gasteiger partial charge on any atom is 0.303 e. The number of thioether (sulfide) groups is 1. The molecule has 16 heteroatoms. The molecule has 0 aliphatic carbocycles. The largest absolute Gasteiger partial charge is 0.462 e. The standard InChI is InChI=1S/C38H38N2O13S/c1-22(41)49-21-30(50-23(2)42)32(51-24(3)43)34(53-26(5)45)33(52-25(4)44)31-35(40(47)48)38(28-17-11-7-12-18-28)39(29-19-13-8-14-20-29)36(46)37(31,54-38)27-15-9-6-10-16-27/h6-20,30-35H,21H2,1-5H3/t30-,31-,32+,33+,34+,35-,37+,38-/m1/s1. The third kappa shape index (κ3) is 7.38. The van der Waals surface area contributed by atoms with E-state index in [1.54, 1.807) is 91.0 Å². The third-order valence-electron chi connectivity index (χ3n) is 9.05. The van der Waals surface area contributed by atoms with Gasteiger partial charge in [0.05, 0.1) is 5.92 Å². The number of ether oxygens (including phenoxy) is 5. The van der Waals surface area contributed by atoms with E-state index in [9.17, 15) is 34.1 Å². The molecular weight excluding hydrogens is 724 g/mol. The average molecular weight is 763 g/mol. The number of amides is 1. The van der Waals surface area contributed by atoms with Crippen molar-refractivity contribution in [3.8, 4) is 0 Å². The Bertz CT molecular complexity index is 1910. The summed E-state index contributed by atoms with van der Waals surface area (Å²) >= 11 is 0.979. The van der Waals surface area contributed by atoms with Gasteiger partial charge in [-0.05, 0) is 23.3 Å². The van der Waals surface area contributed by atoms with Crippen molar-refractivity contribution in [2.75, 3.05) is 11.5 Å². The molecule has 3 aromatic rings. The van der Waals surface area contributed by atoms with Gasteiger partial charge >= 0.3 is 29.8 Å². The number of nitrogens with zero attached hydrogens (tertiary/aromatic N) is 2. The van der Waals surface area contributed by atoms with Gasteiger partial charge < -0.3 is 23.7 Å². The van der Waals surface area contributed by atoms with E-state index in [-0.39, 0.29) is 0 Å². The highest BCUT2D eigenvalue weighted by atomic mass is 32.2. The lowest BCUT2D eigenvalue weighted by atomic mass is 9.68. The molecule has 2 saturated heterocycles. The fraction of sp³-hybridized carbons (Fsp3) is 0.368. The Morgan fingerprint density at radius 3 is 1.67 bits per heavy atom. The van der Waals surface area contributed by atoms with Crippen LogP contribution in [0.2, 0.25) is 0 Å². The van der Waals surface area contributed by atoms with Crippen molar-refractivity contribution in [3.63, 3.8) is 0 Å². The highest BCUT2D eigenvalue weighted by Crippen LogP contribution is 2.73. The number of anilines is 1. The van der Waals surface area contributed by atoms with Crippen molar-refractivity contribution in [1.82, 2.24) is 0 Å². The lowest BCUT2D eigenvalue weighted by Gasteiger charge is -2.47. The summed E-state index contributed by atoms with van der Waals surface area (Å²) in [7, 11) is 0. The summed E-state index contributed by atoms with van der Waals surface area (Å²) in [6, 6.07) is 23.1. The monoisotopic (exact) mass is 762 g/mol. The Morgan fingerprint density at radius 1 is 0.704 bits per heavy atom. The summed E-state index contributed by atoms with van der Waals surface area (Å²) in [6.45, 7) is 4.38. The smallest absolute Gasteiger partial charge is 0.303 e. The molecule has 0 spiro atoms. The summed E-state index contributed by atoms with van der Waals surface area (Å²) in [6.07, 6.45) is -7.50. The minimum Gasteiger partial charge on any atom is -0.462 e. The van der Waals surface area contributed by atoms with E-state index in [1.807, 2.05) is 0 Å². The minimum absolute atomic E-state index is 0.298. The van der Waals surface area contributed by atoms with Crippen LogP contribution in [-0.4, -0.2) is 77.7 Å². The second-order valence-corrected chi connectivity index (χ2v) is 14.1. The van der Waals surface area contributed by atoms with Gasteiger partial charge in [-0.3, -0.25) is 43.8 Å². The second-order valence-electron chi connectivity index (χ2n) is 12.7. The molecule has 284 valence electrons. The molecule has 0 aromatic heterocycles. The maximum absolute atomic E-state index is 15.5. The van der Waals surface area contributed by atoms with Crippen LogP contribution < -0.4 is 4.90 Å². The first-order chi connectivity index (χ1) is 25.6. The Morgan fingerprint density at radius 2 is 1.19 bits per heavy atom. The number of hydrogen-bond donors (Lipinski definition) is 0. The third-order valence-corrected chi connectivity index (χ3v) is 11.0. The van der Waals surface area contributed by atoms with E-state index < -0.39 is 93.3 Å². The van der Waals surface area contributed by atoms with Crippen LogP contribution in [0.4, 0.5) is 5.69 Å². The summed E-state index contributed by atoms with van der Waals surface area (Å²) in [5.74, 6) is -7.03. The Balaban J connectivity index is 1.88. The summed E-state index contributed by atoms with van der Waals surface area (Å²) < 4.78 is 26.0. The van der Waals surface area contributed by atoms with Crippen LogP contribution in [0.15, 0.2) is 91.0 Å². The lowest BCUT2D eigenvalue weighted by molar-refractivity contribution is -0.542. The van der Waals surface area contributed by atoms with E-state index in [0.717, 1.165) is 46.4 Å². The zero-order valence-electron chi connectivity index (χ0n) is 29.9. The van der Waals surface area contributed by atoms with Crippen molar-refractivity contribution in [2.24, 2.45) is 5.92 Å². The first-order valence-corrected chi connectivity index (χ1v) is 17.6. The van der Waals surface area contributed by atoms with Crippen LogP contribution in [0, 0.1) is 16.0 Å². The Hall–Kier alpha value is -5.77. The fourth-order valence-electron chi connectivity index (χ4n) is 7.39. The number of piperidine rings is 1. The normalized spacial score (nSPS) is 23.6. The summed E-state index contributed by atoms with van der Waals surface area (Å²) in [5, 5.41) is 13.9. The van der Waals surface area contributed by atoms with Crippen LogP contribution in [0.5, 0.6) is 0 Å². The van der Waals surface area contributed by atoms with Crippen LogP contribution in [0.1, 0.15) is 45.7 Å². The molecule has 3 aromatic carbocycles. The maximum atomic E-state index is 15.5. The van der Waals surface area contributed by atoms with Crippen molar-refractivity contribution in [2.45, 2.75) is 74.7 Å². The number of para-hydroxylation sites is 1. The van der Waals surface area contributed by atoms with Crippen molar-refractivity contribution in [3.05, 3.63) is 112 Å². The number of esters is 5. The molecule has 5 rings (SSSR count). The topological polar surface area (TPSA) is 195 Å². The number of carbonyl (C=O) groups excluding carboxylic acids is 6. The Kier molecular flexibility index (Phi) is 11.7. The van der Waals surface area contributed by atoms with E-state index in [4.69, 9.17) is 23.7 Å². The number of rotatable bonds is 14. The molecule has 15 nitrogen and oxygen atoms in total. The van der Waals surface area contributed by atoms with Crippen molar-refractivity contribution < 1.29 is 57.4 Å². The summed E-state index contributed by atoms with van der Waals surface area (Å²) in [4.78, 5) is 91.5. The molecule has 2 fully saturated rings. The van der Waals surface area contributed by atoms with Gasteiger partial charge in [0.25, 0.3) is 6.04 Å². The predicted molar refractivity (Wildman–Crippen MR) is 191 cm³/mol. The van der Waals surface area contributed by atoms with Gasteiger partial charge in [-0.15, -0.1) is 0 Å². The fourth-order valence-corrected chi connectivity index (χ4v) is 9.60.